The Morgan fingerprint density at radius 1 is 0.933 bits per heavy atom. The molecular weight excluding hydrogens is 613 g/mol. The van der Waals surface area contributed by atoms with Crippen molar-refractivity contribution in [3.8, 4) is 17.2 Å². The number of pyridine rings is 1. The number of aromatic nitrogens is 1. The van der Waals surface area contributed by atoms with E-state index in [0.29, 0.717) is 43.7 Å². The fourth-order valence-electron chi connectivity index (χ4n) is 5.14. The smallest absolute Gasteiger partial charge is 0.497 e. The minimum atomic E-state index is -5.14. The second-order valence-corrected chi connectivity index (χ2v) is 11.9. The van der Waals surface area contributed by atoms with E-state index in [1.165, 1.54) is 24.4 Å². The fourth-order valence-corrected chi connectivity index (χ4v) is 6.39. The van der Waals surface area contributed by atoms with E-state index in [9.17, 15) is 26.4 Å². The number of anilines is 1. The van der Waals surface area contributed by atoms with E-state index in [1.807, 2.05) is 18.2 Å². The maximum atomic E-state index is 13.4. The normalized spacial score (nSPS) is 14.3. The van der Waals surface area contributed by atoms with Gasteiger partial charge < -0.3 is 19.1 Å². The molecule has 2 heterocycles. The lowest BCUT2D eigenvalue weighted by atomic mass is 10.1. The lowest BCUT2D eigenvalue weighted by molar-refractivity contribution is -0.274. The number of para-hydroxylation sites is 1. The summed E-state index contributed by atoms with van der Waals surface area (Å²) in [6.45, 7) is 2.56. The number of halogens is 3. The zero-order valence-corrected chi connectivity index (χ0v) is 25.3. The van der Waals surface area contributed by atoms with Gasteiger partial charge in [-0.25, -0.2) is 8.42 Å². The summed E-state index contributed by atoms with van der Waals surface area (Å²) in [7, 11) is -1.21. The zero-order chi connectivity index (χ0) is 32.2. The summed E-state index contributed by atoms with van der Waals surface area (Å²) in [6.07, 6.45) is -3.01. The molecule has 1 fully saturated rings. The van der Waals surface area contributed by atoms with Crippen LogP contribution in [0.2, 0.25) is 0 Å². The summed E-state index contributed by atoms with van der Waals surface area (Å²) in [5.74, 6) is 0.0713. The molecule has 0 radical (unpaired) electrons. The fraction of sp³-hybridized carbons (Fsp3) is 0.290. The van der Waals surface area contributed by atoms with Gasteiger partial charge in [0.2, 0.25) is 0 Å². The molecule has 10 nitrogen and oxygen atoms in total. The summed E-state index contributed by atoms with van der Waals surface area (Å²) in [6, 6.07) is 16.7. The number of nitrogens with one attached hydrogen (secondary N) is 1. The molecule has 0 bridgehead atoms. The van der Waals surface area contributed by atoms with Gasteiger partial charge in [0.05, 0.1) is 25.4 Å². The average Bonchev–Trinajstić information content (AvgIpc) is 3.03. The van der Waals surface area contributed by atoms with Crippen LogP contribution >= 0.6 is 0 Å². The molecule has 0 saturated carbocycles. The molecule has 0 spiro atoms. The van der Waals surface area contributed by atoms with Gasteiger partial charge in [0.1, 0.15) is 16.4 Å². The molecule has 4 aromatic rings. The number of amides is 1. The lowest BCUT2D eigenvalue weighted by Crippen LogP contribution is -2.49. The highest BCUT2D eigenvalue weighted by molar-refractivity contribution is 7.93. The van der Waals surface area contributed by atoms with Gasteiger partial charge in [-0.1, -0.05) is 24.3 Å². The lowest BCUT2D eigenvalue weighted by Gasteiger charge is -2.35. The van der Waals surface area contributed by atoms with Crippen LogP contribution < -0.4 is 18.9 Å². The molecule has 0 atom stereocenters. The Labute approximate surface area is 258 Å². The van der Waals surface area contributed by atoms with Crippen molar-refractivity contribution in [3.63, 3.8) is 0 Å². The number of sulfonamides is 1. The molecule has 238 valence electrons. The highest BCUT2D eigenvalue weighted by Gasteiger charge is 2.34. The first-order valence-electron chi connectivity index (χ1n) is 14.0. The second kappa shape index (κ2) is 13.2. The number of fused-ring (bicyclic) bond motifs is 1. The number of benzene rings is 3. The molecular formula is C31H31F3N4O6S. The predicted molar refractivity (Wildman–Crippen MR) is 161 cm³/mol. The number of rotatable bonds is 10. The monoisotopic (exact) mass is 644 g/mol. The van der Waals surface area contributed by atoms with Crippen molar-refractivity contribution in [2.24, 2.45) is 0 Å². The van der Waals surface area contributed by atoms with E-state index in [0.717, 1.165) is 30.0 Å². The van der Waals surface area contributed by atoms with Crippen molar-refractivity contribution >= 4 is 32.5 Å². The summed E-state index contributed by atoms with van der Waals surface area (Å²) >= 11 is 0. The van der Waals surface area contributed by atoms with Crippen LogP contribution in [0.3, 0.4) is 0 Å². The largest absolute Gasteiger partial charge is 0.573 e. The molecule has 1 amide bonds. The van der Waals surface area contributed by atoms with Crippen LogP contribution in [0.15, 0.2) is 77.8 Å². The Balaban J connectivity index is 1.28. The molecule has 0 unspecified atom stereocenters. The van der Waals surface area contributed by atoms with Gasteiger partial charge in [0, 0.05) is 55.9 Å². The third kappa shape index (κ3) is 7.57. The maximum Gasteiger partial charge on any atom is 0.573 e. The van der Waals surface area contributed by atoms with Crippen molar-refractivity contribution in [2.75, 3.05) is 51.7 Å². The average molecular weight is 645 g/mol. The van der Waals surface area contributed by atoms with Gasteiger partial charge in [-0.2, -0.15) is 0 Å². The van der Waals surface area contributed by atoms with E-state index >= 15 is 0 Å². The summed E-state index contributed by atoms with van der Waals surface area (Å²) in [5, 5.41) is 0.536. The topological polar surface area (TPSA) is 110 Å². The van der Waals surface area contributed by atoms with Crippen LogP contribution in [-0.4, -0.2) is 82.4 Å². The number of hydrogen-bond donors (Lipinski definition) is 1. The predicted octanol–water partition coefficient (Wildman–Crippen LogP) is 4.95. The molecule has 0 aliphatic carbocycles. The van der Waals surface area contributed by atoms with Crippen molar-refractivity contribution in [2.45, 2.75) is 17.7 Å². The number of piperazine rings is 1. The third-order valence-electron chi connectivity index (χ3n) is 7.43. The van der Waals surface area contributed by atoms with E-state index in [1.54, 1.807) is 37.3 Å². The van der Waals surface area contributed by atoms with Crippen LogP contribution in [0.1, 0.15) is 15.9 Å². The van der Waals surface area contributed by atoms with Crippen LogP contribution in [0.25, 0.3) is 10.9 Å². The van der Waals surface area contributed by atoms with Gasteiger partial charge in [0.25, 0.3) is 15.9 Å². The Kier molecular flexibility index (Phi) is 9.34. The Bertz CT molecular complexity index is 1790. The van der Waals surface area contributed by atoms with Crippen molar-refractivity contribution in [1.29, 1.82) is 0 Å². The van der Waals surface area contributed by atoms with Crippen molar-refractivity contribution < 1.29 is 40.6 Å². The first kappa shape index (κ1) is 31.9. The molecule has 14 heteroatoms. The van der Waals surface area contributed by atoms with E-state index < -0.39 is 33.7 Å². The molecule has 3 aromatic carbocycles. The Hall–Kier alpha value is -4.56. The number of nitrogens with zero attached hydrogens (tertiary/aromatic N) is 3. The molecule has 5 rings (SSSR count). The molecule has 1 saturated heterocycles. The van der Waals surface area contributed by atoms with Gasteiger partial charge in [0.15, 0.2) is 5.75 Å². The highest BCUT2D eigenvalue weighted by Crippen LogP contribution is 2.34. The molecule has 1 aliphatic rings. The summed E-state index contributed by atoms with van der Waals surface area (Å²) in [4.78, 5) is 20.9. The third-order valence-corrected chi connectivity index (χ3v) is 8.83. The van der Waals surface area contributed by atoms with Gasteiger partial charge in [-0.15, -0.1) is 13.2 Å². The quantitative estimate of drug-likeness (QED) is 0.258. The van der Waals surface area contributed by atoms with Crippen molar-refractivity contribution in [3.05, 3.63) is 84.1 Å². The number of alkyl halides is 3. The van der Waals surface area contributed by atoms with Crippen LogP contribution in [0.5, 0.6) is 17.2 Å². The number of hydrogen-bond acceptors (Lipinski definition) is 8. The van der Waals surface area contributed by atoms with E-state index in [-0.39, 0.29) is 16.0 Å². The van der Waals surface area contributed by atoms with Crippen LogP contribution in [-0.2, 0) is 16.4 Å². The summed E-state index contributed by atoms with van der Waals surface area (Å²) < 4.78 is 83.7. The van der Waals surface area contributed by atoms with Crippen LogP contribution in [0.4, 0.5) is 18.9 Å². The Morgan fingerprint density at radius 2 is 1.69 bits per heavy atom. The van der Waals surface area contributed by atoms with E-state index in [4.69, 9.17) is 9.47 Å². The number of methoxy groups -OCH3 is 2. The number of carbonyl (C=O) groups excluding carboxylic acids is 1. The maximum absolute atomic E-state index is 13.4. The highest BCUT2D eigenvalue weighted by atomic mass is 32.2. The van der Waals surface area contributed by atoms with Crippen molar-refractivity contribution in [1.82, 2.24) is 14.8 Å². The minimum absolute atomic E-state index is 0.0690. The first-order valence-corrected chi connectivity index (χ1v) is 15.4. The molecule has 1 aromatic heterocycles. The van der Waals surface area contributed by atoms with Crippen LogP contribution in [0, 0.1) is 0 Å². The van der Waals surface area contributed by atoms with E-state index in [2.05, 4.69) is 19.3 Å². The first-order chi connectivity index (χ1) is 21.5. The number of ether oxygens (including phenoxy) is 3. The zero-order valence-electron chi connectivity index (χ0n) is 24.5. The Morgan fingerprint density at radius 3 is 2.40 bits per heavy atom. The summed E-state index contributed by atoms with van der Waals surface area (Å²) in [5.41, 5.74) is 0.623. The van der Waals surface area contributed by atoms with Gasteiger partial charge >= 0.3 is 6.36 Å². The van der Waals surface area contributed by atoms with Gasteiger partial charge in [-0.05, 0) is 48.4 Å². The standard InChI is InChI=1S/C31H31F3N4O6S/c1-42-24-10-8-21(26(20-24)43-2)12-14-37-15-17-38(18-16-37)30(39)23-9-11-25(27(19-23)44-31(32,33)34)36-45(40,41)28-7-3-5-22-6-4-13-35-29(22)28/h3-11,13,19-20,36H,12,14-18H2,1-2H3. The molecule has 1 N–H and O–H groups in total. The number of carbonyl (C=O) groups is 1. The minimum Gasteiger partial charge on any atom is -0.497 e. The molecule has 45 heavy (non-hydrogen) atoms. The second-order valence-electron chi connectivity index (χ2n) is 10.3. The van der Waals surface area contributed by atoms with Gasteiger partial charge in [-0.3, -0.25) is 19.4 Å². The SMILES string of the molecule is COc1ccc(CCN2CCN(C(=O)c3ccc(NS(=O)(=O)c4cccc5cccnc45)c(OC(F)(F)F)c3)CC2)c(OC)c1. The molecule has 1 aliphatic heterocycles.